The molecule has 0 aromatic heterocycles. The van der Waals surface area contributed by atoms with Crippen molar-refractivity contribution in [3.05, 3.63) is 132 Å². The van der Waals surface area contributed by atoms with Gasteiger partial charge in [0.05, 0.1) is 0 Å². The van der Waals surface area contributed by atoms with E-state index in [1.165, 1.54) is 61.2 Å². The zero-order valence-corrected chi connectivity index (χ0v) is 19.5. The van der Waals surface area contributed by atoms with Crippen molar-refractivity contribution >= 4 is 0 Å². The first-order chi connectivity index (χ1) is 16.0. The molecule has 5 aromatic carbocycles. The van der Waals surface area contributed by atoms with E-state index in [-0.39, 0.29) is 0 Å². The van der Waals surface area contributed by atoms with Crippen LogP contribution in [0.25, 0.3) is 44.5 Å². The van der Waals surface area contributed by atoms with Gasteiger partial charge in [-0.3, -0.25) is 0 Å². The first-order valence-electron chi connectivity index (χ1n) is 11.5. The summed E-state index contributed by atoms with van der Waals surface area (Å²) in [7, 11) is 0. The van der Waals surface area contributed by atoms with Crippen LogP contribution in [0.5, 0.6) is 0 Å². The fraction of sp³-hybridized carbons (Fsp3) is 0.0909. The van der Waals surface area contributed by atoms with E-state index in [4.69, 9.17) is 0 Å². The molecule has 0 heteroatoms. The van der Waals surface area contributed by atoms with Crippen molar-refractivity contribution < 1.29 is 0 Å². The second kappa shape index (κ2) is 8.92. The lowest BCUT2D eigenvalue weighted by atomic mass is 9.91. The maximum atomic E-state index is 2.32. The third-order valence-electron chi connectivity index (χ3n) is 6.20. The van der Waals surface area contributed by atoms with Gasteiger partial charge in [-0.25, -0.2) is 0 Å². The average molecular weight is 425 g/mol. The Kier molecular flexibility index (Phi) is 5.67. The molecule has 0 saturated heterocycles. The van der Waals surface area contributed by atoms with Crippen molar-refractivity contribution in [2.45, 2.75) is 20.8 Å². The van der Waals surface area contributed by atoms with Crippen LogP contribution in [0, 0.1) is 20.8 Å². The number of hydrogen-bond donors (Lipinski definition) is 0. The van der Waals surface area contributed by atoms with E-state index in [2.05, 4.69) is 136 Å². The molecular formula is C33H28. The number of hydrogen-bond acceptors (Lipinski definition) is 0. The molecule has 33 heavy (non-hydrogen) atoms. The smallest absolute Gasteiger partial charge is 0.0171 e. The van der Waals surface area contributed by atoms with Crippen LogP contribution in [0.2, 0.25) is 0 Å². The maximum Gasteiger partial charge on any atom is -0.0171 e. The lowest BCUT2D eigenvalue weighted by molar-refractivity contribution is 1.38. The molecule has 0 atom stereocenters. The van der Waals surface area contributed by atoms with Crippen LogP contribution in [0.3, 0.4) is 0 Å². The van der Waals surface area contributed by atoms with Gasteiger partial charge in [-0.1, -0.05) is 114 Å². The van der Waals surface area contributed by atoms with Gasteiger partial charge in [0, 0.05) is 0 Å². The highest BCUT2D eigenvalue weighted by molar-refractivity contribution is 5.82. The second-order valence-corrected chi connectivity index (χ2v) is 8.98. The predicted octanol–water partition coefficient (Wildman–Crippen LogP) is 9.28. The first kappa shape index (κ1) is 21.0. The highest BCUT2D eigenvalue weighted by atomic mass is 14.1. The van der Waals surface area contributed by atoms with E-state index in [1.54, 1.807) is 0 Å². The van der Waals surface area contributed by atoms with Crippen molar-refractivity contribution in [3.63, 3.8) is 0 Å². The molecule has 160 valence electrons. The molecule has 0 nitrogen and oxygen atoms in total. The summed E-state index contributed by atoms with van der Waals surface area (Å²) in [6.45, 7) is 6.46. The lowest BCUT2D eigenvalue weighted by Crippen LogP contribution is -1.88. The largest absolute Gasteiger partial charge is 0.0622 e. The van der Waals surface area contributed by atoms with Crippen molar-refractivity contribution in [1.82, 2.24) is 0 Å². The number of aryl methyl sites for hydroxylation is 3. The second-order valence-electron chi connectivity index (χ2n) is 8.98. The normalized spacial score (nSPS) is 10.9. The summed E-state index contributed by atoms with van der Waals surface area (Å²) in [6.07, 6.45) is 0. The predicted molar refractivity (Wildman–Crippen MR) is 142 cm³/mol. The monoisotopic (exact) mass is 424 g/mol. The Morgan fingerprint density at radius 2 is 0.636 bits per heavy atom. The van der Waals surface area contributed by atoms with E-state index in [1.807, 2.05) is 0 Å². The number of rotatable bonds is 4. The van der Waals surface area contributed by atoms with E-state index in [0.29, 0.717) is 0 Å². The number of benzene rings is 5. The molecule has 0 spiro atoms. The van der Waals surface area contributed by atoms with E-state index in [9.17, 15) is 0 Å². The molecule has 5 aromatic rings. The Balaban J connectivity index is 1.61. The minimum Gasteiger partial charge on any atom is -0.0622 e. The van der Waals surface area contributed by atoms with Crippen molar-refractivity contribution in [3.8, 4) is 44.5 Å². The molecule has 0 aliphatic rings. The first-order valence-corrected chi connectivity index (χ1v) is 11.5. The van der Waals surface area contributed by atoms with Gasteiger partial charge in [0.15, 0.2) is 0 Å². The SMILES string of the molecule is Cc1ccc(-c2ccc(-c3cc(-c4ccccc4)cc(-c4cc(C)cc(C)c4)c3)cc2)cc1. The topological polar surface area (TPSA) is 0 Å². The van der Waals surface area contributed by atoms with Gasteiger partial charge in [0.2, 0.25) is 0 Å². The van der Waals surface area contributed by atoms with Crippen LogP contribution in [-0.2, 0) is 0 Å². The van der Waals surface area contributed by atoms with Crippen molar-refractivity contribution in [2.75, 3.05) is 0 Å². The molecule has 0 unspecified atom stereocenters. The summed E-state index contributed by atoms with van der Waals surface area (Å²) < 4.78 is 0. The standard InChI is InChI=1S/C33H28/c1-23-9-11-27(12-10-23)28-13-15-29(16-14-28)32-20-31(26-7-5-4-6-8-26)21-33(22-32)30-18-24(2)17-25(3)19-30/h4-22H,1-3H3. The van der Waals surface area contributed by atoms with Crippen molar-refractivity contribution in [1.29, 1.82) is 0 Å². The van der Waals surface area contributed by atoms with Crippen LogP contribution in [-0.4, -0.2) is 0 Å². The van der Waals surface area contributed by atoms with Gasteiger partial charge in [-0.05, 0) is 83.5 Å². The van der Waals surface area contributed by atoms with Gasteiger partial charge < -0.3 is 0 Å². The summed E-state index contributed by atoms with van der Waals surface area (Å²) >= 11 is 0. The Hall–Kier alpha value is -3.90. The molecule has 5 rings (SSSR count). The third-order valence-corrected chi connectivity index (χ3v) is 6.20. The van der Waals surface area contributed by atoms with Gasteiger partial charge in [0.1, 0.15) is 0 Å². The molecule has 0 amide bonds. The maximum absolute atomic E-state index is 2.32. The van der Waals surface area contributed by atoms with Crippen LogP contribution >= 0.6 is 0 Å². The van der Waals surface area contributed by atoms with Crippen LogP contribution < -0.4 is 0 Å². The zero-order valence-electron chi connectivity index (χ0n) is 19.5. The summed E-state index contributed by atoms with van der Waals surface area (Å²) in [5.41, 5.74) is 13.8. The highest BCUT2D eigenvalue weighted by Crippen LogP contribution is 2.34. The Bertz CT molecular complexity index is 1370. The summed E-state index contributed by atoms with van der Waals surface area (Å²) in [6, 6.07) is 42.0. The fourth-order valence-corrected chi connectivity index (χ4v) is 4.50. The molecule has 0 saturated carbocycles. The van der Waals surface area contributed by atoms with Gasteiger partial charge in [0.25, 0.3) is 0 Å². The molecule has 0 aliphatic heterocycles. The minimum atomic E-state index is 1.23. The molecule has 0 aliphatic carbocycles. The van der Waals surface area contributed by atoms with Crippen LogP contribution in [0.1, 0.15) is 16.7 Å². The molecule has 0 radical (unpaired) electrons. The average Bonchev–Trinajstić information content (AvgIpc) is 2.84. The molecular weight excluding hydrogens is 396 g/mol. The zero-order chi connectivity index (χ0) is 22.8. The Labute approximate surface area is 197 Å². The van der Waals surface area contributed by atoms with E-state index in [0.717, 1.165) is 0 Å². The van der Waals surface area contributed by atoms with Gasteiger partial charge >= 0.3 is 0 Å². The van der Waals surface area contributed by atoms with E-state index >= 15 is 0 Å². The summed E-state index contributed by atoms with van der Waals surface area (Å²) in [5, 5.41) is 0. The van der Waals surface area contributed by atoms with Gasteiger partial charge in [-0.15, -0.1) is 0 Å². The minimum absolute atomic E-state index is 1.23. The van der Waals surface area contributed by atoms with E-state index < -0.39 is 0 Å². The van der Waals surface area contributed by atoms with Gasteiger partial charge in [-0.2, -0.15) is 0 Å². The Morgan fingerprint density at radius 3 is 1.15 bits per heavy atom. The molecule has 0 bridgehead atoms. The quantitative estimate of drug-likeness (QED) is 0.270. The highest BCUT2D eigenvalue weighted by Gasteiger charge is 2.09. The fourth-order valence-electron chi connectivity index (χ4n) is 4.50. The third kappa shape index (κ3) is 4.66. The molecule has 0 heterocycles. The van der Waals surface area contributed by atoms with Crippen molar-refractivity contribution in [2.24, 2.45) is 0 Å². The lowest BCUT2D eigenvalue weighted by Gasteiger charge is -2.13. The summed E-state index contributed by atoms with van der Waals surface area (Å²) in [4.78, 5) is 0. The molecule has 0 N–H and O–H groups in total. The molecule has 0 fully saturated rings. The van der Waals surface area contributed by atoms with Crippen LogP contribution in [0.4, 0.5) is 0 Å². The Morgan fingerprint density at radius 1 is 0.273 bits per heavy atom. The summed E-state index contributed by atoms with van der Waals surface area (Å²) in [5.74, 6) is 0. The van der Waals surface area contributed by atoms with Crippen LogP contribution in [0.15, 0.2) is 115 Å².